The molecule has 1 N–H and O–H groups in total. The molecule has 2 heteroatoms. The molecule has 5 unspecified atom stereocenters. The van der Waals surface area contributed by atoms with Crippen molar-refractivity contribution in [3.8, 4) is 0 Å². The highest BCUT2D eigenvalue weighted by atomic mass is 16.5. The van der Waals surface area contributed by atoms with Crippen LogP contribution in [0.25, 0.3) is 0 Å². The first-order chi connectivity index (χ1) is 6.79. The molecule has 0 amide bonds. The predicted octanol–water partition coefficient (Wildman–Crippen LogP) is 1.94. The molecular formula is C12H18O2. The van der Waals surface area contributed by atoms with E-state index in [9.17, 15) is 5.11 Å². The number of aliphatic hydroxyl groups excluding tert-OH is 1. The predicted molar refractivity (Wildman–Crippen MR) is 53.5 cm³/mol. The van der Waals surface area contributed by atoms with Crippen LogP contribution in [0.15, 0.2) is 11.8 Å². The molecule has 0 radical (unpaired) electrons. The highest BCUT2D eigenvalue weighted by Crippen LogP contribution is 2.56. The van der Waals surface area contributed by atoms with Crippen LogP contribution in [0.5, 0.6) is 0 Å². The standard InChI is InChI=1S/C12H18O2/c1-14-6-11-8-2-7-3-9(5-8)12(13)10(11)4-7/h6-10,12-13H,2-5H2,1H3/b11-6-. The Labute approximate surface area is 85.0 Å². The van der Waals surface area contributed by atoms with Crippen LogP contribution >= 0.6 is 0 Å². The van der Waals surface area contributed by atoms with Gasteiger partial charge in [-0.3, -0.25) is 0 Å². The fourth-order valence-corrected chi connectivity index (χ4v) is 4.01. The summed E-state index contributed by atoms with van der Waals surface area (Å²) in [7, 11) is 1.71. The highest BCUT2D eigenvalue weighted by Gasteiger charge is 2.50. The SMILES string of the molecule is CO/C=C1/C2CC3CC(C2)C(O)C1C3. The van der Waals surface area contributed by atoms with E-state index in [2.05, 4.69) is 0 Å². The Hall–Kier alpha value is -0.500. The van der Waals surface area contributed by atoms with Crippen LogP contribution in [0.1, 0.15) is 25.7 Å². The molecule has 2 nitrogen and oxygen atoms in total. The summed E-state index contributed by atoms with van der Waals surface area (Å²) in [4.78, 5) is 0. The molecule has 0 aromatic carbocycles. The van der Waals surface area contributed by atoms with Gasteiger partial charge in [-0.1, -0.05) is 0 Å². The molecule has 0 aliphatic heterocycles. The fraction of sp³-hybridized carbons (Fsp3) is 0.833. The maximum atomic E-state index is 10.1. The van der Waals surface area contributed by atoms with Crippen molar-refractivity contribution in [1.29, 1.82) is 0 Å². The van der Waals surface area contributed by atoms with Crippen LogP contribution in [0.4, 0.5) is 0 Å². The van der Waals surface area contributed by atoms with Crippen LogP contribution in [0.3, 0.4) is 0 Å². The van der Waals surface area contributed by atoms with E-state index in [1.165, 1.54) is 31.3 Å². The van der Waals surface area contributed by atoms with Crippen molar-refractivity contribution in [2.75, 3.05) is 7.11 Å². The molecule has 0 aromatic heterocycles. The van der Waals surface area contributed by atoms with Crippen molar-refractivity contribution in [1.82, 2.24) is 0 Å². The summed E-state index contributed by atoms with van der Waals surface area (Å²) in [5, 5.41) is 10.1. The van der Waals surface area contributed by atoms with E-state index in [4.69, 9.17) is 4.74 Å². The van der Waals surface area contributed by atoms with Crippen molar-refractivity contribution in [3.05, 3.63) is 11.8 Å². The minimum atomic E-state index is -0.0794. The van der Waals surface area contributed by atoms with Crippen molar-refractivity contribution < 1.29 is 9.84 Å². The van der Waals surface area contributed by atoms with Crippen molar-refractivity contribution in [2.24, 2.45) is 23.7 Å². The molecule has 4 bridgehead atoms. The minimum absolute atomic E-state index is 0.0794. The summed E-state index contributed by atoms with van der Waals surface area (Å²) in [6.45, 7) is 0. The second kappa shape index (κ2) is 2.99. The van der Waals surface area contributed by atoms with Gasteiger partial charge in [-0.2, -0.15) is 0 Å². The minimum Gasteiger partial charge on any atom is -0.504 e. The van der Waals surface area contributed by atoms with Gasteiger partial charge in [0.2, 0.25) is 0 Å². The van der Waals surface area contributed by atoms with Gasteiger partial charge in [0.25, 0.3) is 0 Å². The van der Waals surface area contributed by atoms with E-state index >= 15 is 0 Å². The normalized spacial score (nSPS) is 52.7. The number of rotatable bonds is 1. The summed E-state index contributed by atoms with van der Waals surface area (Å²) in [5.41, 5.74) is 1.40. The maximum Gasteiger partial charge on any atom is 0.0823 e. The van der Waals surface area contributed by atoms with E-state index in [1.54, 1.807) is 7.11 Å². The van der Waals surface area contributed by atoms with Crippen LogP contribution < -0.4 is 0 Å². The Morgan fingerprint density at radius 3 is 2.93 bits per heavy atom. The summed E-state index contributed by atoms with van der Waals surface area (Å²) in [5.74, 6) is 2.62. The third-order valence-corrected chi connectivity index (χ3v) is 4.48. The lowest BCUT2D eigenvalue weighted by atomic mass is 9.53. The van der Waals surface area contributed by atoms with Gasteiger partial charge in [0.05, 0.1) is 19.5 Å². The van der Waals surface area contributed by atoms with E-state index in [0.717, 1.165) is 11.8 Å². The Bertz CT molecular complexity index is 271. The Balaban J connectivity index is 1.93. The topological polar surface area (TPSA) is 29.5 Å². The van der Waals surface area contributed by atoms with Crippen molar-refractivity contribution in [3.63, 3.8) is 0 Å². The second-order valence-corrected chi connectivity index (χ2v) is 5.22. The summed E-state index contributed by atoms with van der Waals surface area (Å²) in [6.07, 6.45) is 6.83. The number of methoxy groups -OCH3 is 1. The fourth-order valence-electron chi connectivity index (χ4n) is 4.01. The number of ether oxygens (including phenoxy) is 1. The van der Waals surface area contributed by atoms with Gasteiger partial charge < -0.3 is 9.84 Å². The lowest BCUT2D eigenvalue weighted by Gasteiger charge is -2.53. The first-order valence-corrected chi connectivity index (χ1v) is 5.70. The van der Waals surface area contributed by atoms with E-state index < -0.39 is 0 Å². The van der Waals surface area contributed by atoms with Gasteiger partial charge in [-0.25, -0.2) is 0 Å². The second-order valence-electron chi connectivity index (χ2n) is 5.22. The van der Waals surface area contributed by atoms with Gasteiger partial charge in [0, 0.05) is 5.92 Å². The van der Waals surface area contributed by atoms with Gasteiger partial charge in [-0.05, 0) is 49.0 Å². The first kappa shape index (κ1) is 8.78. The molecule has 0 aromatic rings. The van der Waals surface area contributed by atoms with E-state index in [1.807, 2.05) is 6.26 Å². The van der Waals surface area contributed by atoms with Gasteiger partial charge >= 0.3 is 0 Å². The van der Waals surface area contributed by atoms with Crippen LogP contribution in [0, 0.1) is 23.7 Å². The summed E-state index contributed by atoms with van der Waals surface area (Å²) < 4.78 is 5.14. The van der Waals surface area contributed by atoms with Gasteiger partial charge in [-0.15, -0.1) is 0 Å². The van der Waals surface area contributed by atoms with Crippen LogP contribution in [-0.4, -0.2) is 18.3 Å². The molecule has 0 spiro atoms. The summed E-state index contributed by atoms with van der Waals surface area (Å²) >= 11 is 0. The molecule has 4 aliphatic carbocycles. The molecule has 14 heavy (non-hydrogen) atoms. The molecule has 4 fully saturated rings. The van der Waals surface area contributed by atoms with Gasteiger partial charge in [0.15, 0.2) is 0 Å². The van der Waals surface area contributed by atoms with E-state index in [-0.39, 0.29) is 6.10 Å². The third-order valence-electron chi connectivity index (χ3n) is 4.48. The molecule has 5 atom stereocenters. The summed E-state index contributed by atoms with van der Waals surface area (Å²) in [6, 6.07) is 0. The molecule has 4 aliphatic rings. The number of aliphatic hydroxyl groups is 1. The highest BCUT2D eigenvalue weighted by molar-refractivity contribution is 5.21. The lowest BCUT2D eigenvalue weighted by molar-refractivity contribution is -0.0598. The van der Waals surface area contributed by atoms with Crippen LogP contribution in [-0.2, 0) is 4.74 Å². The van der Waals surface area contributed by atoms with E-state index in [0.29, 0.717) is 11.8 Å². The quantitative estimate of drug-likeness (QED) is 0.646. The number of hydrogen-bond donors (Lipinski definition) is 1. The molecule has 4 saturated carbocycles. The monoisotopic (exact) mass is 194 g/mol. The zero-order valence-corrected chi connectivity index (χ0v) is 8.65. The Kier molecular flexibility index (Phi) is 1.88. The third kappa shape index (κ3) is 1.07. The average molecular weight is 194 g/mol. The van der Waals surface area contributed by atoms with Crippen molar-refractivity contribution >= 4 is 0 Å². The maximum absolute atomic E-state index is 10.1. The molecular weight excluding hydrogens is 176 g/mol. The molecule has 4 rings (SSSR count). The zero-order chi connectivity index (χ0) is 9.71. The molecule has 0 saturated heterocycles. The largest absolute Gasteiger partial charge is 0.504 e. The molecule has 0 heterocycles. The average Bonchev–Trinajstić information content (AvgIpc) is 2.18. The first-order valence-electron chi connectivity index (χ1n) is 5.70. The smallest absolute Gasteiger partial charge is 0.0823 e. The number of hydrogen-bond acceptors (Lipinski definition) is 2. The zero-order valence-electron chi connectivity index (χ0n) is 8.65. The Morgan fingerprint density at radius 1 is 1.29 bits per heavy atom. The lowest BCUT2D eigenvalue weighted by Crippen LogP contribution is -2.49. The Morgan fingerprint density at radius 2 is 2.14 bits per heavy atom. The van der Waals surface area contributed by atoms with Gasteiger partial charge in [0.1, 0.15) is 0 Å². The van der Waals surface area contributed by atoms with Crippen LogP contribution in [0.2, 0.25) is 0 Å². The van der Waals surface area contributed by atoms with Crippen molar-refractivity contribution in [2.45, 2.75) is 31.8 Å². The molecule has 78 valence electrons.